The van der Waals surface area contributed by atoms with Crippen molar-refractivity contribution in [2.45, 2.75) is 32.7 Å². The van der Waals surface area contributed by atoms with E-state index in [1.807, 2.05) is 0 Å². The summed E-state index contributed by atoms with van der Waals surface area (Å²) in [5, 5.41) is 2.14. The number of thiophene rings is 1. The lowest BCUT2D eigenvalue weighted by molar-refractivity contribution is 0.377. The molecule has 0 amide bonds. The van der Waals surface area contributed by atoms with Crippen molar-refractivity contribution in [2.75, 3.05) is 0 Å². The fraction of sp³-hybridized carbons (Fsp3) is 0.600. The average molecular weight is 196 g/mol. The summed E-state index contributed by atoms with van der Waals surface area (Å²) in [6, 6.07) is 2.52. The summed E-state index contributed by atoms with van der Waals surface area (Å²) in [6.45, 7) is 4.46. The third-order valence-corrected chi connectivity index (χ3v) is 4.15. The molecule has 2 nitrogen and oxygen atoms in total. The molecule has 0 bridgehead atoms. The molecule has 1 aromatic heterocycles. The molecular formula is C10H16N2S. The molecule has 13 heavy (non-hydrogen) atoms. The molecule has 1 saturated carbocycles. The monoisotopic (exact) mass is 196 g/mol. The number of nitrogens with one attached hydrogen (secondary N) is 1. The highest BCUT2D eigenvalue weighted by Gasteiger charge is 2.45. The van der Waals surface area contributed by atoms with Crippen LogP contribution in [0.25, 0.3) is 0 Å². The molecule has 2 rings (SSSR count). The van der Waals surface area contributed by atoms with E-state index in [4.69, 9.17) is 5.84 Å². The van der Waals surface area contributed by atoms with Gasteiger partial charge in [0.05, 0.1) is 6.04 Å². The Kier molecular flexibility index (Phi) is 2.18. The van der Waals surface area contributed by atoms with Crippen LogP contribution < -0.4 is 11.3 Å². The molecule has 1 unspecified atom stereocenters. The van der Waals surface area contributed by atoms with Crippen molar-refractivity contribution in [3.63, 3.8) is 0 Å². The van der Waals surface area contributed by atoms with Gasteiger partial charge in [0.1, 0.15) is 0 Å². The maximum Gasteiger partial charge on any atom is 0.0609 e. The summed E-state index contributed by atoms with van der Waals surface area (Å²) in [5.74, 6) is 5.62. The van der Waals surface area contributed by atoms with Gasteiger partial charge in [-0.25, -0.2) is 0 Å². The lowest BCUT2D eigenvalue weighted by Crippen LogP contribution is -2.33. The third-order valence-electron chi connectivity index (χ3n) is 3.07. The third kappa shape index (κ3) is 1.52. The average Bonchev–Trinajstić information content (AvgIpc) is 2.69. The Hall–Kier alpha value is -0.380. The van der Waals surface area contributed by atoms with Gasteiger partial charge in [-0.1, -0.05) is 6.92 Å². The van der Waals surface area contributed by atoms with Gasteiger partial charge >= 0.3 is 0 Å². The highest BCUT2D eigenvalue weighted by molar-refractivity contribution is 7.10. The van der Waals surface area contributed by atoms with Gasteiger partial charge in [-0.2, -0.15) is 0 Å². The molecule has 0 aliphatic heterocycles. The minimum absolute atomic E-state index is 0.354. The number of nitrogens with two attached hydrogens (primary N) is 1. The topological polar surface area (TPSA) is 38.0 Å². The predicted molar refractivity (Wildman–Crippen MR) is 56.5 cm³/mol. The quantitative estimate of drug-likeness (QED) is 0.575. The first-order chi connectivity index (χ1) is 6.17. The van der Waals surface area contributed by atoms with Gasteiger partial charge in [0, 0.05) is 4.88 Å². The molecule has 72 valence electrons. The van der Waals surface area contributed by atoms with Gasteiger partial charge in [0.25, 0.3) is 0 Å². The second kappa shape index (κ2) is 3.08. The largest absolute Gasteiger partial charge is 0.271 e. The first-order valence-electron chi connectivity index (χ1n) is 4.67. The van der Waals surface area contributed by atoms with Gasteiger partial charge in [0.15, 0.2) is 0 Å². The standard InChI is InChI=1S/C10H16N2S/c1-7-3-6-13-8(7)9(12-11)10(2)4-5-10/h3,6,9,12H,4-5,11H2,1-2H3. The molecule has 1 aliphatic carbocycles. The fourth-order valence-corrected chi connectivity index (χ4v) is 2.92. The van der Waals surface area contributed by atoms with E-state index in [9.17, 15) is 0 Å². The van der Waals surface area contributed by atoms with Crippen LogP contribution in [0.4, 0.5) is 0 Å². The van der Waals surface area contributed by atoms with Crippen molar-refractivity contribution < 1.29 is 0 Å². The molecule has 1 fully saturated rings. The first kappa shape index (κ1) is 9.19. The van der Waals surface area contributed by atoms with Crippen LogP contribution in [-0.2, 0) is 0 Å². The summed E-state index contributed by atoms with van der Waals surface area (Å²) in [6.07, 6.45) is 2.58. The van der Waals surface area contributed by atoms with Crippen molar-refractivity contribution in [3.05, 3.63) is 21.9 Å². The van der Waals surface area contributed by atoms with Crippen LogP contribution >= 0.6 is 11.3 Å². The lowest BCUT2D eigenvalue weighted by atomic mass is 9.96. The Labute approximate surface area is 83.1 Å². The molecule has 0 aromatic carbocycles. The zero-order chi connectivity index (χ0) is 9.47. The summed E-state index contributed by atoms with van der Waals surface area (Å²) >= 11 is 1.81. The van der Waals surface area contributed by atoms with Gasteiger partial charge in [0.2, 0.25) is 0 Å². The van der Waals surface area contributed by atoms with Crippen LogP contribution in [0.2, 0.25) is 0 Å². The summed E-state index contributed by atoms with van der Waals surface area (Å²) in [7, 11) is 0. The van der Waals surface area contributed by atoms with E-state index in [2.05, 4.69) is 30.7 Å². The summed E-state index contributed by atoms with van der Waals surface area (Å²) in [5.41, 5.74) is 4.73. The molecule has 1 heterocycles. The Morgan fingerprint density at radius 1 is 1.62 bits per heavy atom. The predicted octanol–water partition coefficient (Wildman–Crippen LogP) is 2.36. The highest BCUT2D eigenvalue weighted by atomic mass is 32.1. The second-order valence-electron chi connectivity index (χ2n) is 4.22. The van der Waals surface area contributed by atoms with E-state index in [0.717, 1.165) is 0 Å². The van der Waals surface area contributed by atoms with Crippen molar-refractivity contribution in [1.82, 2.24) is 5.43 Å². The maximum absolute atomic E-state index is 5.62. The van der Waals surface area contributed by atoms with Crippen LogP contribution in [0.15, 0.2) is 11.4 Å². The van der Waals surface area contributed by atoms with E-state index in [-0.39, 0.29) is 0 Å². The van der Waals surface area contributed by atoms with Crippen LogP contribution in [0.1, 0.15) is 36.2 Å². The Bertz CT molecular complexity index is 302. The lowest BCUT2D eigenvalue weighted by Gasteiger charge is -2.22. The van der Waals surface area contributed by atoms with Crippen LogP contribution in [0, 0.1) is 12.3 Å². The Morgan fingerprint density at radius 3 is 2.69 bits per heavy atom. The minimum Gasteiger partial charge on any atom is -0.271 e. The number of aryl methyl sites for hydroxylation is 1. The molecule has 1 atom stereocenters. The smallest absolute Gasteiger partial charge is 0.0609 e. The fourth-order valence-electron chi connectivity index (χ4n) is 1.76. The van der Waals surface area contributed by atoms with Gasteiger partial charge in [-0.3, -0.25) is 11.3 Å². The summed E-state index contributed by atoms with van der Waals surface area (Å²) in [4.78, 5) is 1.41. The first-order valence-corrected chi connectivity index (χ1v) is 5.55. The number of rotatable bonds is 3. The molecule has 1 aliphatic rings. The highest BCUT2D eigenvalue weighted by Crippen LogP contribution is 2.55. The molecular weight excluding hydrogens is 180 g/mol. The molecule has 3 N–H and O–H groups in total. The normalized spacial score (nSPS) is 21.5. The van der Waals surface area contributed by atoms with Crippen molar-refractivity contribution in [3.8, 4) is 0 Å². The van der Waals surface area contributed by atoms with E-state index >= 15 is 0 Å². The molecule has 3 heteroatoms. The number of hydrazine groups is 1. The van der Waals surface area contributed by atoms with E-state index < -0.39 is 0 Å². The van der Waals surface area contributed by atoms with Crippen molar-refractivity contribution in [1.29, 1.82) is 0 Å². The second-order valence-corrected chi connectivity index (χ2v) is 5.17. The van der Waals surface area contributed by atoms with E-state index in [1.54, 1.807) is 11.3 Å². The molecule has 0 radical (unpaired) electrons. The number of hydrogen-bond donors (Lipinski definition) is 2. The number of hydrogen-bond acceptors (Lipinski definition) is 3. The molecule has 1 aromatic rings. The summed E-state index contributed by atoms with van der Waals surface area (Å²) < 4.78 is 0. The minimum atomic E-state index is 0.354. The van der Waals surface area contributed by atoms with Crippen molar-refractivity contribution in [2.24, 2.45) is 11.3 Å². The van der Waals surface area contributed by atoms with Gasteiger partial charge < -0.3 is 0 Å². The zero-order valence-corrected chi connectivity index (χ0v) is 8.95. The van der Waals surface area contributed by atoms with Crippen LogP contribution in [-0.4, -0.2) is 0 Å². The molecule has 0 saturated heterocycles. The van der Waals surface area contributed by atoms with Gasteiger partial charge in [-0.05, 0) is 42.2 Å². The Morgan fingerprint density at radius 2 is 2.31 bits per heavy atom. The van der Waals surface area contributed by atoms with Crippen LogP contribution in [0.3, 0.4) is 0 Å². The van der Waals surface area contributed by atoms with Crippen molar-refractivity contribution >= 4 is 11.3 Å². The van der Waals surface area contributed by atoms with Crippen LogP contribution in [0.5, 0.6) is 0 Å². The van der Waals surface area contributed by atoms with Gasteiger partial charge in [-0.15, -0.1) is 11.3 Å². The Balaban J connectivity index is 2.27. The molecule has 0 spiro atoms. The zero-order valence-electron chi connectivity index (χ0n) is 8.13. The van der Waals surface area contributed by atoms with E-state index in [1.165, 1.54) is 23.3 Å². The van der Waals surface area contributed by atoms with E-state index in [0.29, 0.717) is 11.5 Å². The maximum atomic E-state index is 5.62. The SMILES string of the molecule is Cc1ccsc1C(NN)C1(C)CC1.